The van der Waals surface area contributed by atoms with E-state index in [1.54, 1.807) is 0 Å². The molecule has 0 amide bonds. The normalized spacial score (nSPS) is 9.11. The Morgan fingerprint density at radius 3 is 2.67 bits per heavy atom. The van der Waals surface area contributed by atoms with E-state index in [1.165, 1.54) is 0 Å². The van der Waals surface area contributed by atoms with Crippen molar-refractivity contribution in [2.75, 3.05) is 0 Å². The molecule has 3 heteroatoms. The number of carbonyl (C=O) groups excluding carboxylic acids is 1. The van der Waals surface area contributed by atoms with Crippen molar-refractivity contribution in [3.8, 4) is 0 Å². The van der Waals surface area contributed by atoms with E-state index in [2.05, 4.69) is 13.1 Å². The van der Waals surface area contributed by atoms with Gasteiger partial charge in [-0.3, -0.25) is 4.79 Å². The molecule has 0 aromatic rings. The molecule has 0 aliphatic rings. The molecule has 0 rings (SSSR count). The van der Waals surface area contributed by atoms with Crippen LogP contribution in [0.2, 0.25) is 12.6 Å². The third-order valence-corrected chi connectivity index (χ3v) is 1.87. The lowest BCUT2D eigenvalue weighted by Crippen LogP contribution is -1.96. The SMILES string of the molecule is C=C(Cl)C(=O)CC[Si]C. The number of hydrogen-bond donors (Lipinski definition) is 0. The lowest BCUT2D eigenvalue weighted by atomic mass is 10.3. The zero-order valence-corrected chi connectivity index (χ0v) is 7.16. The Bertz CT molecular complexity index is 122. The highest BCUT2D eigenvalue weighted by molar-refractivity contribution is 6.43. The summed E-state index contributed by atoms with van der Waals surface area (Å²) in [5.41, 5.74) is 0. The molecule has 0 spiro atoms. The minimum Gasteiger partial charge on any atom is -0.293 e. The monoisotopic (exact) mass is 160 g/mol. The van der Waals surface area contributed by atoms with Gasteiger partial charge in [-0.25, -0.2) is 0 Å². The Hall–Kier alpha value is -0.0831. The molecule has 0 saturated heterocycles. The summed E-state index contributed by atoms with van der Waals surface area (Å²) in [6.07, 6.45) is 0.553. The van der Waals surface area contributed by atoms with Crippen LogP contribution < -0.4 is 0 Å². The van der Waals surface area contributed by atoms with Gasteiger partial charge in [0.2, 0.25) is 0 Å². The quantitative estimate of drug-likeness (QED) is 0.454. The van der Waals surface area contributed by atoms with Gasteiger partial charge in [0.15, 0.2) is 5.78 Å². The summed E-state index contributed by atoms with van der Waals surface area (Å²) in [5, 5.41) is 0.160. The second kappa shape index (κ2) is 4.76. The van der Waals surface area contributed by atoms with E-state index in [0.717, 1.165) is 15.6 Å². The van der Waals surface area contributed by atoms with E-state index in [4.69, 9.17) is 11.6 Å². The maximum Gasteiger partial charge on any atom is 0.173 e. The predicted octanol–water partition coefficient (Wildman–Crippen LogP) is 1.87. The van der Waals surface area contributed by atoms with Crippen molar-refractivity contribution >= 4 is 26.9 Å². The van der Waals surface area contributed by atoms with E-state index < -0.39 is 0 Å². The first kappa shape index (κ1) is 8.92. The molecule has 0 bridgehead atoms. The third-order valence-electron chi connectivity index (χ3n) is 0.905. The van der Waals surface area contributed by atoms with Crippen LogP contribution in [0.5, 0.6) is 0 Å². The van der Waals surface area contributed by atoms with E-state index in [-0.39, 0.29) is 10.8 Å². The van der Waals surface area contributed by atoms with Crippen LogP contribution in [0.25, 0.3) is 0 Å². The first-order valence-corrected chi connectivity index (χ1v) is 4.79. The van der Waals surface area contributed by atoms with Gasteiger partial charge >= 0.3 is 0 Å². The van der Waals surface area contributed by atoms with Crippen molar-refractivity contribution in [3.05, 3.63) is 11.6 Å². The predicted molar refractivity (Wildman–Crippen MR) is 41.0 cm³/mol. The fourth-order valence-electron chi connectivity index (χ4n) is 0.374. The molecule has 0 aromatic heterocycles. The van der Waals surface area contributed by atoms with E-state index in [9.17, 15) is 4.79 Å². The molecular formula is C6H9ClOSi. The summed E-state index contributed by atoms with van der Waals surface area (Å²) in [6.45, 7) is 5.39. The average Bonchev–Trinajstić information content (AvgIpc) is 1.82. The highest BCUT2D eigenvalue weighted by atomic mass is 35.5. The number of Topliss-reactive ketones (excluding diaryl/α,β-unsaturated/α-hetero) is 1. The van der Waals surface area contributed by atoms with Crippen molar-refractivity contribution in [1.82, 2.24) is 0 Å². The molecule has 0 saturated carbocycles. The largest absolute Gasteiger partial charge is 0.293 e. The maximum atomic E-state index is 10.7. The molecule has 50 valence electrons. The Kier molecular flexibility index (Phi) is 4.72. The van der Waals surface area contributed by atoms with Crippen LogP contribution in [-0.2, 0) is 4.79 Å². The zero-order chi connectivity index (χ0) is 7.28. The molecule has 0 aliphatic carbocycles. The number of carbonyl (C=O) groups is 1. The summed E-state index contributed by atoms with van der Waals surface area (Å²) in [6, 6.07) is 0.935. The van der Waals surface area contributed by atoms with Gasteiger partial charge in [-0.2, -0.15) is 0 Å². The first-order chi connectivity index (χ1) is 4.18. The Labute approximate surface area is 62.9 Å². The van der Waals surface area contributed by atoms with Crippen LogP contribution in [0.15, 0.2) is 11.6 Å². The summed E-state index contributed by atoms with van der Waals surface area (Å²) < 4.78 is 0. The number of ketones is 1. The summed E-state index contributed by atoms with van der Waals surface area (Å²) in [7, 11) is 0.823. The Morgan fingerprint density at radius 1 is 1.78 bits per heavy atom. The summed E-state index contributed by atoms with van der Waals surface area (Å²) in [4.78, 5) is 10.7. The van der Waals surface area contributed by atoms with Crippen molar-refractivity contribution in [2.24, 2.45) is 0 Å². The highest BCUT2D eigenvalue weighted by Gasteiger charge is 2.01. The molecule has 0 heterocycles. The standard InChI is InChI=1S/C6H9ClOSi/c1-5(7)6(8)3-4-9-2/h1,3-4H2,2H3. The smallest absolute Gasteiger partial charge is 0.173 e. The Morgan fingerprint density at radius 2 is 2.33 bits per heavy atom. The zero-order valence-electron chi connectivity index (χ0n) is 5.41. The second-order valence-corrected chi connectivity index (χ2v) is 3.34. The van der Waals surface area contributed by atoms with Gasteiger partial charge in [-0.1, -0.05) is 30.8 Å². The number of allylic oxidation sites excluding steroid dienone is 1. The number of halogens is 1. The van der Waals surface area contributed by atoms with Gasteiger partial charge in [0, 0.05) is 15.9 Å². The molecule has 0 atom stereocenters. The van der Waals surface area contributed by atoms with Crippen LogP contribution in [0.1, 0.15) is 6.42 Å². The van der Waals surface area contributed by atoms with Crippen molar-refractivity contribution < 1.29 is 4.79 Å². The van der Waals surface area contributed by atoms with Crippen molar-refractivity contribution in [2.45, 2.75) is 19.0 Å². The summed E-state index contributed by atoms with van der Waals surface area (Å²) >= 11 is 5.32. The van der Waals surface area contributed by atoms with Crippen LogP contribution in [-0.4, -0.2) is 15.3 Å². The van der Waals surface area contributed by atoms with Gasteiger partial charge in [0.05, 0.1) is 5.03 Å². The van der Waals surface area contributed by atoms with Gasteiger partial charge < -0.3 is 0 Å². The lowest BCUT2D eigenvalue weighted by molar-refractivity contribution is -0.114. The highest BCUT2D eigenvalue weighted by Crippen LogP contribution is 2.03. The maximum absolute atomic E-state index is 10.7. The topological polar surface area (TPSA) is 17.1 Å². The van der Waals surface area contributed by atoms with Crippen molar-refractivity contribution in [1.29, 1.82) is 0 Å². The molecule has 0 aromatic carbocycles. The van der Waals surface area contributed by atoms with Gasteiger partial charge in [0.25, 0.3) is 0 Å². The first-order valence-electron chi connectivity index (χ1n) is 2.70. The number of hydrogen-bond acceptors (Lipinski definition) is 1. The second-order valence-electron chi connectivity index (χ2n) is 1.68. The van der Waals surface area contributed by atoms with E-state index in [1.807, 2.05) is 0 Å². The minimum atomic E-state index is -0.0222. The number of rotatable bonds is 4. The molecule has 0 aliphatic heterocycles. The fraction of sp³-hybridized carbons (Fsp3) is 0.500. The molecule has 0 fully saturated rings. The summed E-state index contributed by atoms with van der Waals surface area (Å²) in [5.74, 6) is -0.0222. The van der Waals surface area contributed by atoms with Crippen LogP contribution in [0.3, 0.4) is 0 Å². The fourth-order valence-corrected chi connectivity index (χ4v) is 0.946. The van der Waals surface area contributed by atoms with Gasteiger partial charge in [-0.15, -0.1) is 0 Å². The Balaban J connectivity index is 3.39. The van der Waals surface area contributed by atoms with E-state index >= 15 is 0 Å². The van der Waals surface area contributed by atoms with E-state index in [0.29, 0.717) is 6.42 Å². The lowest BCUT2D eigenvalue weighted by Gasteiger charge is -1.92. The van der Waals surface area contributed by atoms with Crippen LogP contribution in [0, 0.1) is 0 Å². The van der Waals surface area contributed by atoms with Gasteiger partial charge in [-0.05, 0) is 0 Å². The molecular weight excluding hydrogens is 152 g/mol. The minimum absolute atomic E-state index is 0.0222. The third kappa shape index (κ3) is 4.42. The molecule has 0 unspecified atom stereocenters. The van der Waals surface area contributed by atoms with Crippen LogP contribution in [0.4, 0.5) is 0 Å². The molecule has 1 nitrogen and oxygen atoms in total. The van der Waals surface area contributed by atoms with Crippen LogP contribution >= 0.6 is 11.6 Å². The van der Waals surface area contributed by atoms with Gasteiger partial charge in [0.1, 0.15) is 0 Å². The van der Waals surface area contributed by atoms with Crippen molar-refractivity contribution in [3.63, 3.8) is 0 Å². The average molecular weight is 161 g/mol. The molecule has 9 heavy (non-hydrogen) atoms. The molecule has 2 radical (unpaired) electrons. The molecule has 0 N–H and O–H groups in total.